The number of ether oxygens (including phenoxy) is 1. The molecule has 0 saturated carbocycles. The minimum absolute atomic E-state index is 0.426. The van der Waals surface area contributed by atoms with Crippen LogP contribution in [0.1, 0.15) is 18.4 Å². The first-order valence-corrected chi connectivity index (χ1v) is 6.52. The van der Waals surface area contributed by atoms with Gasteiger partial charge in [0.1, 0.15) is 0 Å². The van der Waals surface area contributed by atoms with E-state index in [0.717, 1.165) is 36.6 Å². The van der Waals surface area contributed by atoms with Gasteiger partial charge in [-0.15, -0.1) is 0 Å². The smallest absolute Gasteiger partial charge is 0.0621 e. The van der Waals surface area contributed by atoms with E-state index in [9.17, 15) is 0 Å². The molecule has 1 aliphatic rings. The van der Waals surface area contributed by atoms with Gasteiger partial charge in [0.25, 0.3) is 0 Å². The average Bonchev–Trinajstić information content (AvgIpc) is 2.39. The van der Waals surface area contributed by atoms with Crippen LogP contribution in [-0.4, -0.2) is 31.3 Å². The van der Waals surface area contributed by atoms with Gasteiger partial charge in [-0.2, -0.15) is 0 Å². The van der Waals surface area contributed by atoms with Gasteiger partial charge in [-0.3, -0.25) is 4.98 Å². The average molecular weight is 255 g/mol. The van der Waals surface area contributed by atoms with Crippen molar-refractivity contribution in [1.29, 1.82) is 0 Å². The van der Waals surface area contributed by atoms with Crippen LogP contribution in [0, 0.1) is 5.92 Å². The lowest BCUT2D eigenvalue weighted by Crippen LogP contribution is -2.39. The van der Waals surface area contributed by atoms with Crippen molar-refractivity contribution in [1.82, 2.24) is 10.3 Å². The van der Waals surface area contributed by atoms with Crippen LogP contribution in [-0.2, 0) is 11.2 Å². The summed E-state index contributed by atoms with van der Waals surface area (Å²) in [7, 11) is 2.01. The highest BCUT2D eigenvalue weighted by Gasteiger charge is 2.23. The Hall–Kier alpha value is -0.640. The fourth-order valence-electron chi connectivity index (χ4n) is 2.39. The fourth-order valence-corrected chi connectivity index (χ4v) is 2.59. The van der Waals surface area contributed by atoms with Gasteiger partial charge in [0.15, 0.2) is 0 Å². The predicted octanol–water partition coefficient (Wildman–Crippen LogP) is 2.29. The molecule has 0 aliphatic carbocycles. The first-order valence-electron chi connectivity index (χ1n) is 6.14. The summed E-state index contributed by atoms with van der Waals surface area (Å²) in [6.07, 6.45) is 6.83. The highest BCUT2D eigenvalue weighted by Crippen LogP contribution is 2.22. The van der Waals surface area contributed by atoms with Gasteiger partial charge in [-0.1, -0.05) is 11.6 Å². The zero-order valence-corrected chi connectivity index (χ0v) is 10.9. The summed E-state index contributed by atoms with van der Waals surface area (Å²) < 4.78 is 5.55. The Bertz CT molecular complexity index is 353. The summed E-state index contributed by atoms with van der Waals surface area (Å²) in [6, 6.07) is 2.42. The summed E-state index contributed by atoms with van der Waals surface area (Å²) in [5, 5.41) is 4.14. The van der Waals surface area contributed by atoms with Crippen molar-refractivity contribution in [2.75, 3.05) is 20.3 Å². The zero-order chi connectivity index (χ0) is 12.1. The second-order valence-electron chi connectivity index (χ2n) is 4.54. The molecule has 4 heteroatoms. The van der Waals surface area contributed by atoms with Crippen molar-refractivity contribution in [2.45, 2.75) is 25.3 Å². The third-order valence-corrected chi connectivity index (χ3v) is 3.77. The lowest BCUT2D eigenvalue weighted by molar-refractivity contribution is 0.0405. The van der Waals surface area contributed by atoms with E-state index >= 15 is 0 Å². The molecule has 1 aromatic heterocycles. The quantitative estimate of drug-likeness (QED) is 0.895. The molecule has 1 aliphatic heterocycles. The number of hydrogen-bond acceptors (Lipinski definition) is 3. The van der Waals surface area contributed by atoms with Gasteiger partial charge in [-0.25, -0.2) is 0 Å². The summed E-state index contributed by atoms with van der Waals surface area (Å²) in [5.74, 6) is 0.581. The molecule has 1 saturated heterocycles. The molecular weight excluding hydrogens is 236 g/mol. The van der Waals surface area contributed by atoms with E-state index in [0.29, 0.717) is 12.0 Å². The van der Waals surface area contributed by atoms with Gasteiger partial charge in [0, 0.05) is 25.0 Å². The second-order valence-corrected chi connectivity index (χ2v) is 4.95. The van der Waals surface area contributed by atoms with Crippen molar-refractivity contribution in [2.24, 2.45) is 5.92 Å². The molecular formula is C13H19ClN2O. The van der Waals surface area contributed by atoms with E-state index in [4.69, 9.17) is 16.3 Å². The third kappa shape index (κ3) is 3.41. The van der Waals surface area contributed by atoms with Crippen molar-refractivity contribution >= 4 is 11.6 Å². The molecule has 0 spiro atoms. The molecule has 0 aromatic carbocycles. The largest absolute Gasteiger partial charge is 0.381 e. The number of pyridine rings is 1. The molecule has 2 atom stereocenters. The Morgan fingerprint density at radius 2 is 2.53 bits per heavy atom. The number of rotatable bonds is 4. The van der Waals surface area contributed by atoms with Gasteiger partial charge in [-0.05, 0) is 43.9 Å². The van der Waals surface area contributed by atoms with Crippen molar-refractivity contribution in [3.05, 3.63) is 29.0 Å². The van der Waals surface area contributed by atoms with Crippen LogP contribution in [0.25, 0.3) is 0 Å². The lowest BCUT2D eigenvalue weighted by atomic mass is 9.89. The molecule has 0 bridgehead atoms. The van der Waals surface area contributed by atoms with Crippen LogP contribution in [0.5, 0.6) is 0 Å². The number of hydrogen-bond donors (Lipinski definition) is 1. The Morgan fingerprint density at radius 1 is 1.65 bits per heavy atom. The number of nitrogens with one attached hydrogen (secondary N) is 1. The van der Waals surface area contributed by atoms with Crippen LogP contribution in [0.2, 0.25) is 5.02 Å². The van der Waals surface area contributed by atoms with Crippen molar-refractivity contribution in [3.8, 4) is 0 Å². The second kappa shape index (κ2) is 6.34. The highest BCUT2D eigenvalue weighted by molar-refractivity contribution is 6.31. The van der Waals surface area contributed by atoms with Crippen LogP contribution in [0.4, 0.5) is 0 Å². The summed E-state index contributed by atoms with van der Waals surface area (Å²) in [6.45, 7) is 1.76. The van der Waals surface area contributed by atoms with Gasteiger partial charge in [0.2, 0.25) is 0 Å². The molecule has 2 heterocycles. The highest BCUT2D eigenvalue weighted by atomic mass is 35.5. The van der Waals surface area contributed by atoms with E-state index in [2.05, 4.69) is 10.3 Å². The lowest BCUT2D eigenvalue weighted by Gasteiger charge is -2.30. The molecule has 1 fully saturated rings. The maximum absolute atomic E-state index is 6.14. The molecule has 1 aromatic rings. The SMILES string of the molecule is CNC(Cc1ccncc1Cl)C1CCCOC1. The normalized spacial score (nSPS) is 22.4. The summed E-state index contributed by atoms with van der Waals surface area (Å²) in [4.78, 5) is 4.01. The Balaban J connectivity index is 2.01. The first kappa shape index (κ1) is 12.8. The van der Waals surface area contributed by atoms with E-state index < -0.39 is 0 Å². The van der Waals surface area contributed by atoms with Crippen molar-refractivity contribution < 1.29 is 4.74 Å². The first-order chi connectivity index (χ1) is 8.31. The van der Waals surface area contributed by atoms with Crippen LogP contribution in [0.3, 0.4) is 0 Å². The number of aromatic nitrogens is 1. The van der Waals surface area contributed by atoms with Gasteiger partial charge >= 0.3 is 0 Å². The number of nitrogens with zero attached hydrogens (tertiary/aromatic N) is 1. The standard InChI is InChI=1S/C13H19ClN2O/c1-15-13(11-3-2-6-17-9-11)7-10-4-5-16-8-12(10)14/h4-5,8,11,13,15H,2-3,6-7,9H2,1H3. The number of halogens is 1. The topological polar surface area (TPSA) is 34.2 Å². The molecule has 94 valence electrons. The number of likely N-dealkylation sites (N-methyl/N-ethyl adjacent to an activating group) is 1. The molecule has 2 rings (SSSR count). The maximum Gasteiger partial charge on any atom is 0.0621 e. The van der Waals surface area contributed by atoms with Gasteiger partial charge in [0.05, 0.1) is 11.6 Å². The Morgan fingerprint density at radius 3 is 3.18 bits per heavy atom. The fraction of sp³-hybridized carbons (Fsp3) is 0.615. The monoisotopic (exact) mass is 254 g/mol. The van der Waals surface area contributed by atoms with E-state index in [1.54, 1.807) is 12.4 Å². The van der Waals surface area contributed by atoms with E-state index in [1.807, 2.05) is 13.1 Å². The molecule has 17 heavy (non-hydrogen) atoms. The minimum Gasteiger partial charge on any atom is -0.381 e. The minimum atomic E-state index is 0.426. The molecule has 0 amide bonds. The summed E-state index contributed by atoms with van der Waals surface area (Å²) in [5.41, 5.74) is 1.16. The Kier molecular flexibility index (Phi) is 4.77. The van der Waals surface area contributed by atoms with Crippen LogP contribution in [0.15, 0.2) is 18.5 Å². The van der Waals surface area contributed by atoms with E-state index in [-0.39, 0.29) is 0 Å². The molecule has 0 radical (unpaired) electrons. The zero-order valence-electron chi connectivity index (χ0n) is 10.2. The van der Waals surface area contributed by atoms with E-state index in [1.165, 1.54) is 6.42 Å². The summed E-state index contributed by atoms with van der Waals surface area (Å²) >= 11 is 6.14. The predicted molar refractivity (Wildman–Crippen MR) is 69.3 cm³/mol. The maximum atomic E-state index is 6.14. The molecule has 1 N–H and O–H groups in total. The third-order valence-electron chi connectivity index (χ3n) is 3.43. The Labute approximate surface area is 108 Å². The van der Waals surface area contributed by atoms with Gasteiger partial charge < -0.3 is 10.1 Å². The van der Waals surface area contributed by atoms with Crippen molar-refractivity contribution in [3.63, 3.8) is 0 Å². The van der Waals surface area contributed by atoms with Crippen LogP contribution >= 0.6 is 11.6 Å². The molecule has 3 nitrogen and oxygen atoms in total. The molecule has 2 unspecified atom stereocenters. The van der Waals surface area contributed by atoms with Crippen LogP contribution < -0.4 is 5.32 Å².